The van der Waals surface area contributed by atoms with E-state index in [1.54, 1.807) is 0 Å². The zero-order valence-corrected chi connectivity index (χ0v) is 62.8. The van der Waals surface area contributed by atoms with E-state index in [0.29, 0.717) is 19.3 Å². The SMILES string of the molecule is CCCCCC/C=C\CCCCCCCCCC(=O)OC(COC(=O)CCCCCCCCCCCCCCCCCCC)COP(=O)(O)OC1C(OC2OC(CO)C(O)C(O)C2O)C(O)C(O)C(O)C1OC1OC(COC(=O)CCCCC/C=C\CCCCCCCCC)C(O)C(O)C1O. The van der Waals surface area contributed by atoms with Gasteiger partial charge in [0, 0.05) is 19.3 Å². The second kappa shape index (κ2) is 57.6. The van der Waals surface area contributed by atoms with Crippen LogP contribution in [-0.2, 0) is 61.2 Å². The van der Waals surface area contributed by atoms with Crippen LogP contribution in [-0.4, -0.2) is 204 Å². The smallest absolute Gasteiger partial charge is 0.463 e. The minimum atomic E-state index is -5.70. The number of aliphatic hydroxyl groups excluding tert-OH is 10. The monoisotopic (exact) mass is 1470 g/mol. The summed E-state index contributed by atoms with van der Waals surface area (Å²) in [5.74, 6) is -2.00. The first kappa shape index (κ1) is 92.6. The Morgan fingerprint density at radius 3 is 1.09 bits per heavy atom. The van der Waals surface area contributed by atoms with Crippen LogP contribution >= 0.6 is 7.82 Å². The molecule has 2 saturated heterocycles. The predicted octanol–water partition coefficient (Wildman–Crippen LogP) is 11.7. The molecule has 0 radical (unpaired) electrons. The van der Waals surface area contributed by atoms with Crippen LogP contribution in [0.2, 0.25) is 0 Å². The Hall–Kier alpha value is -2.56. The zero-order chi connectivity index (χ0) is 73.9. The summed E-state index contributed by atoms with van der Waals surface area (Å²) in [4.78, 5) is 51.1. The number of ether oxygens (including phenoxy) is 7. The molecule has 0 spiro atoms. The molecule has 25 heteroatoms. The summed E-state index contributed by atoms with van der Waals surface area (Å²) in [5.41, 5.74) is 0. The van der Waals surface area contributed by atoms with Gasteiger partial charge in [-0.25, -0.2) is 4.57 Å². The first-order valence-corrected chi connectivity index (χ1v) is 41.1. The van der Waals surface area contributed by atoms with Crippen molar-refractivity contribution in [2.24, 2.45) is 0 Å². The maximum Gasteiger partial charge on any atom is 0.472 e. The van der Waals surface area contributed by atoms with E-state index in [-0.39, 0.29) is 19.3 Å². The lowest BCUT2D eigenvalue weighted by atomic mass is 9.84. The molecule has 3 fully saturated rings. The van der Waals surface area contributed by atoms with E-state index in [9.17, 15) is 74.9 Å². The van der Waals surface area contributed by atoms with Crippen LogP contribution in [0.15, 0.2) is 24.3 Å². The fourth-order valence-corrected chi connectivity index (χ4v) is 13.9. The molecule has 2 heterocycles. The number of unbranched alkanes of at least 4 members (excludes halogenated alkanes) is 37. The molecule has 0 bridgehead atoms. The standard InChI is InChI=1S/C76H139O24P/c1-4-7-10-13-16-19-22-25-28-29-31-33-36-38-41-44-47-50-60(78)92-54-57(95-62(80)52-49-46-43-40-37-34-30-26-23-20-17-14-11-8-5-2)55-94-101(90,91)100-74-72(98-75-70(88)65(83)63(81)58(53-77)96-75)68(86)67(85)69(87)73(74)99-76-71(89)66(84)64(82)59(97-76)56-93-61(79)51-48-45-42-39-35-32-27-24-21-18-15-12-9-6-3/h20,23,32,35,57-59,63-77,81-89H,4-19,21-22,24-31,33-34,36-56H2,1-3H3,(H,90,91)/b23-20-,35-32-. The second-order valence-electron chi connectivity index (χ2n) is 28.4. The maximum absolute atomic E-state index is 14.4. The van der Waals surface area contributed by atoms with Crippen LogP contribution in [0.1, 0.15) is 310 Å². The number of hydrogen-bond donors (Lipinski definition) is 11. The molecule has 101 heavy (non-hydrogen) atoms. The number of aliphatic hydroxyl groups is 10. The van der Waals surface area contributed by atoms with Crippen molar-refractivity contribution in [2.45, 2.75) is 414 Å². The maximum atomic E-state index is 14.4. The first-order chi connectivity index (χ1) is 48.8. The number of hydrogen-bond acceptors (Lipinski definition) is 23. The Morgan fingerprint density at radius 1 is 0.376 bits per heavy atom. The molecule has 1 saturated carbocycles. The summed E-state index contributed by atoms with van der Waals surface area (Å²) in [6, 6.07) is 0. The van der Waals surface area contributed by atoms with Gasteiger partial charge in [0.2, 0.25) is 0 Å². The van der Waals surface area contributed by atoms with E-state index in [1.807, 2.05) is 0 Å². The lowest BCUT2D eigenvalue weighted by Gasteiger charge is -2.49. The van der Waals surface area contributed by atoms with Gasteiger partial charge >= 0.3 is 25.7 Å². The Kier molecular flexibility index (Phi) is 52.8. The van der Waals surface area contributed by atoms with Crippen molar-refractivity contribution >= 4 is 25.7 Å². The van der Waals surface area contributed by atoms with Gasteiger partial charge in [0.25, 0.3) is 0 Å². The van der Waals surface area contributed by atoms with Crippen molar-refractivity contribution in [2.75, 3.05) is 26.4 Å². The molecule has 18 atom stereocenters. The molecule has 2 aliphatic heterocycles. The Labute approximate surface area is 605 Å². The van der Waals surface area contributed by atoms with Crippen LogP contribution in [0.3, 0.4) is 0 Å². The lowest BCUT2D eigenvalue weighted by molar-refractivity contribution is -0.360. The third-order valence-corrected chi connectivity index (χ3v) is 20.4. The van der Waals surface area contributed by atoms with Crippen molar-refractivity contribution in [3.05, 3.63) is 24.3 Å². The fraction of sp³-hybridized carbons (Fsp3) is 0.908. The minimum absolute atomic E-state index is 0.00841. The third-order valence-electron chi connectivity index (χ3n) is 19.5. The largest absolute Gasteiger partial charge is 0.472 e. The van der Waals surface area contributed by atoms with E-state index in [2.05, 4.69) is 45.1 Å². The van der Waals surface area contributed by atoms with Crippen LogP contribution in [0.5, 0.6) is 0 Å². The topological polar surface area (TPSA) is 374 Å². The highest BCUT2D eigenvalue weighted by atomic mass is 31.2. The van der Waals surface area contributed by atoms with E-state index in [1.165, 1.54) is 141 Å². The number of rotatable bonds is 62. The summed E-state index contributed by atoms with van der Waals surface area (Å²) in [5, 5.41) is 110. The molecule has 24 nitrogen and oxygen atoms in total. The molecule has 3 rings (SSSR count). The predicted molar refractivity (Wildman–Crippen MR) is 384 cm³/mol. The molecule has 0 amide bonds. The Morgan fingerprint density at radius 2 is 0.693 bits per heavy atom. The average molecular weight is 1470 g/mol. The molecular formula is C76H139O24P. The van der Waals surface area contributed by atoms with Crippen molar-refractivity contribution in [1.82, 2.24) is 0 Å². The number of phosphoric acid groups is 1. The van der Waals surface area contributed by atoms with Gasteiger partial charge < -0.3 is 89.1 Å². The molecule has 1 aliphatic carbocycles. The van der Waals surface area contributed by atoms with Gasteiger partial charge in [-0.15, -0.1) is 0 Å². The van der Waals surface area contributed by atoms with Crippen LogP contribution < -0.4 is 0 Å². The van der Waals surface area contributed by atoms with Crippen LogP contribution in [0.4, 0.5) is 0 Å². The second-order valence-corrected chi connectivity index (χ2v) is 29.8. The van der Waals surface area contributed by atoms with E-state index in [0.717, 1.165) is 109 Å². The van der Waals surface area contributed by atoms with Gasteiger partial charge in [-0.1, -0.05) is 244 Å². The molecule has 0 aromatic rings. The average Bonchev–Trinajstić information content (AvgIpc) is 0.763. The number of carbonyl (C=O) groups is 3. The van der Waals surface area contributed by atoms with Crippen molar-refractivity contribution < 1.29 is 117 Å². The zero-order valence-electron chi connectivity index (χ0n) is 61.9. The van der Waals surface area contributed by atoms with Gasteiger partial charge in [-0.2, -0.15) is 0 Å². The minimum Gasteiger partial charge on any atom is -0.463 e. The van der Waals surface area contributed by atoms with Gasteiger partial charge in [-0.3, -0.25) is 23.4 Å². The summed E-state index contributed by atoms with van der Waals surface area (Å²) in [6.07, 6.45) is 19.4. The van der Waals surface area contributed by atoms with Crippen molar-refractivity contribution in [3.8, 4) is 0 Å². The van der Waals surface area contributed by atoms with E-state index in [4.69, 9.17) is 42.2 Å². The summed E-state index contributed by atoms with van der Waals surface area (Å²) >= 11 is 0. The first-order valence-electron chi connectivity index (χ1n) is 39.6. The highest BCUT2D eigenvalue weighted by Crippen LogP contribution is 2.49. The highest BCUT2D eigenvalue weighted by molar-refractivity contribution is 7.47. The molecule has 0 aromatic heterocycles. The number of carbonyl (C=O) groups excluding carboxylic acids is 3. The van der Waals surface area contributed by atoms with Crippen LogP contribution in [0, 0.1) is 0 Å². The number of esters is 3. The molecule has 18 unspecified atom stereocenters. The molecular weight excluding hydrogens is 1330 g/mol. The highest BCUT2D eigenvalue weighted by Gasteiger charge is 2.58. The number of allylic oxidation sites excluding steroid dienone is 4. The Bertz CT molecular complexity index is 2180. The summed E-state index contributed by atoms with van der Waals surface area (Å²) in [7, 11) is -5.70. The summed E-state index contributed by atoms with van der Waals surface area (Å²) in [6.45, 7) is 3.45. The molecule has 3 aliphatic rings. The van der Waals surface area contributed by atoms with Gasteiger partial charge in [0.1, 0.15) is 98.7 Å². The van der Waals surface area contributed by atoms with Crippen LogP contribution in [0.25, 0.3) is 0 Å². The normalized spacial score (nSPS) is 27.3. The summed E-state index contributed by atoms with van der Waals surface area (Å²) < 4.78 is 65.1. The molecule has 0 aromatic carbocycles. The quantitative estimate of drug-likeness (QED) is 0.00886. The van der Waals surface area contributed by atoms with E-state index < -0.39 is 156 Å². The van der Waals surface area contributed by atoms with Crippen molar-refractivity contribution in [3.63, 3.8) is 0 Å². The van der Waals surface area contributed by atoms with Crippen molar-refractivity contribution in [1.29, 1.82) is 0 Å². The number of phosphoric ester groups is 1. The molecule has 11 N–H and O–H groups in total. The van der Waals surface area contributed by atoms with E-state index >= 15 is 0 Å². The van der Waals surface area contributed by atoms with Gasteiger partial charge in [0.15, 0.2) is 18.7 Å². The van der Waals surface area contributed by atoms with Gasteiger partial charge in [-0.05, 0) is 70.6 Å². The Balaban J connectivity index is 1.72. The fourth-order valence-electron chi connectivity index (χ4n) is 13.0. The lowest BCUT2D eigenvalue weighted by Crippen LogP contribution is -2.69. The third kappa shape index (κ3) is 40.3. The molecule has 592 valence electrons. The van der Waals surface area contributed by atoms with Gasteiger partial charge in [0.05, 0.1) is 13.2 Å².